The largest absolute Gasteiger partial charge is 0.492 e. The van der Waals surface area contributed by atoms with Crippen molar-refractivity contribution in [2.45, 2.75) is 13.8 Å². The van der Waals surface area contributed by atoms with Crippen molar-refractivity contribution in [3.05, 3.63) is 64.3 Å². The molecule has 0 fully saturated rings. The van der Waals surface area contributed by atoms with E-state index in [2.05, 4.69) is 11.9 Å². The fraction of sp³-hybridized carbons (Fsp3) is 0.250. The number of halogens is 1. The number of carbonyl (C=O) groups excluding carboxylic acids is 1. The lowest BCUT2D eigenvalue weighted by Gasteiger charge is -2.17. The number of H-pyrrole nitrogens is 1. The molecule has 3 aromatic rings. The van der Waals surface area contributed by atoms with Gasteiger partial charge in [-0.2, -0.15) is 0 Å². The molecule has 25 heavy (non-hydrogen) atoms. The van der Waals surface area contributed by atoms with E-state index in [4.69, 9.17) is 16.3 Å². The molecule has 1 heterocycles. The Hall–Kier alpha value is -2.46. The number of aromatic nitrogens is 1. The van der Waals surface area contributed by atoms with E-state index in [0.717, 1.165) is 16.6 Å². The lowest BCUT2D eigenvalue weighted by Crippen LogP contribution is -2.30. The molecule has 1 amide bonds. The summed E-state index contributed by atoms with van der Waals surface area (Å²) >= 11 is 5.93. The molecule has 5 heteroatoms. The van der Waals surface area contributed by atoms with E-state index in [1.54, 1.807) is 24.1 Å². The third-order valence-electron chi connectivity index (χ3n) is 4.39. The van der Waals surface area contributed by atoms with Gasteiger partial charge >= 0.3 is 0 Å². The minimum absolute atomic E-state index is 0.0187. The summed E-state index contributed by atoms with van der Waals surface area (Å²) in [6.45, 7) is 5.00. The minimum atomic E-state index is -0.0187. The van der Waals surface area contributed by atoms with Crippen molar-refractivity contribution in [3.8, 4) is 5.75 Å². The highest BCUT2D eigenvalue weighted by Gasteiger charge is 2.14. The number of fused-ring (bicyclic) bond motifs is 1. The van der Waals surface area contributed by atoms with Gasteiger partial charge in [0.1, 0.15) is 12.4 Å². The number of nitrogens with one attached hydrogen (secondary N) is 1. The van der Waals surface area contributed by atoms with E-state index in [-0.39, 0.29) is 5.91 Å². The molecule has 0 aliphatic heterocycles. The van der Waals surface area contributed by atoms with E-state index in [0.29, 0.717) is 29.5 Å². The number of likely N-dealkylation sites (N-methyl/N-ethyl adjacent to an activating group) is 1. The molecule has 130 valence electrons. The van der Waals surface area contributed by atoms with Crippen LogP contribution < -0.4 is 4.74 Å². The molecule has 0 aliphatic rings. The van der Waals surface area contributed by atoms with Crippen LogP contribution in [0.1, 0.15) is 21.6 Å². The first-order valence-electron chi connectivity index (χ1n) is 8.18. The zero-order valence-corrected chi connectivity index (χ0v) is 15.4. The smallest absolute Gasteiger partial charge is 0.253 e. The molecule has 0 aliphatic carbocycles. The fourth-order valence-electron chi connectivity index (χ4n) is 2.77. The number of hydrogen-bond donors (Lipinski definition) is 1. The summed E-state index contributed by atoms with van der Waals surface area (Å²) in [5.41, 5.74) is 4.04. The van der Waals surface area contributed by atoms with Crippen LogP contribution >= 0.6 is 11.6 Å². The van der Waals surface area contributed by atoms with Gasteiger partial charge in [0.15, 0.2) is 0 Å². The lowest BCUT2D eigenvalue weighted by atomic mass is 10.1. The van der Waals surface area contributed by atoms with Gasteiger partial charge in [-0.3, -0.25) is 4.79 Å². The summed E-state index contributed by atoms with van der Waals surface area (Å²) in [6.07, 6.45) is 0. The van der Waals surface area contributed by atoms with Gasteiger partial charge in [0.05, 0.1) is 6.54 Å². The van der Waals surface area contributed by atoms with Crippen molar-refractivity contribution in [2.24, 2.45) is 0 Å². The van der Waals surface area contributed by atoms with Gasteiger partial charge in [-0.05, 0) is 55.8 Å². The normalized spacial score (nSPS) is 10.9. The van der Waals surface area contributed by atoms with E-state index in [1.165, 1.54) is 5.56 Å². The second-order valence-corrected chi connectivity index (χ2v) is 6.60. The third kappa shape index (κ3) is 3.80. The topological polar surface area (TPSA) is 45.3 Å². The Balaban J connectivity index is 1.65. The van der Waals surface area contributed by atoms with Gasteiger partial charge in [-0.15, -0.1) is 0 Å². The average Bonchev–Trinajstić information content (AvgIpc) is 2.88. The van der Waals surface area contributed by atoms with Gasteiger partial charge in [0.2, 0.25) is 0 Å². The van der Waals surface area contributed by atoms with Crippen molar-refractivity contribution in [1.82, 2.24) is 9.88 Å². The summed E-state index contributed by atoms with van der Waals surface area (Å²) in [5, 5.41) is 1.72. The van der Waals surface area contributed by atoms with Crippen molar-refractivity contribution in [3.63, 3.8) is 0 Å². The highest BCUT2D eigenvalue weighted by Crippen LogP contribution is 2.23. The zero-order chi connectivity index (χ0) is 18.0. The molecule has 4 nitrogen and oxygen atoms in total. The SMILES string of the molecule is Cc1[nH]c2ccc(C(=O)N(C)CCOc3cccc(Cl)c3)cc2c1C. The van der Waals surface area contributed by atoms with Crippen LogP contribution in [-0.2, 0) is 0 Å². The number of carbonyl (C=O) groups is 1. The van der Waals surface area contributed by atoms with Crippen molar-refractivity contribution < 1.29 is 9.53 Å². The maximum atomic E-state index is 12.6. The summed E-state index contributed by atoms with van der Waals surface area (Å²) in [5.74, 6) is 0.683. The van der Waals surface area contributed by atoms with Crippen LogP contribution in [0.5, 0.6) is 5.75 Å². The van der Waals surface area contributed by atoms with Gasteiger partial charge < -0.3 is 14.6 Å². The van der Waals surface area contributed by atoms with Crippen LogP contribution in [0, 0.1) is 13.8 Å². The second-order valence-electron chi connectivity index (χ2n) is 6.17. The number of amides is 1. The Morgan fingerprint density at radius 3 is 2.76 bits per heavy atom. The van der Waals surface area contributed by atoms with Crippen LogP contribution in [0.15, 0.2) is 42.5 Å². The van der Waals surface area contributed by atoms with E-state index in [1.807, 2.05) is 37.3 Å². The lowest BCUT2D eigenvalue weighted by molar-refractivity contribution is 0.0774. The standard InChI is InChI=1S/C20H21ClN2O2/c1-13-14(2)22-19-8-7-15(11-18(13)19)20(24)23(3)9-10-25-17-6-4-5-16(21)12-17/h4-8,11-12,22H,9-10H2,1-3H3. The second kappa shape index (κ2) is 7.19. The molecule has 2 aromatic carbocycles. The first kappa shape index (κ1) is 17.4. The first-order valence-corrected chi connectivity index (χ1v) is 8.56. The number of hydrogen-bond acceptors (Lipinski definition) is 2. The predicted molar refractivity (Wildman–Crippen MR) is 102 cm³/mol. The molecule has 0 unspecified atom stereocenters. The van der Waals surface area contributed by atoms with Crippen LogP contribution in [0.2, 0.25) is 5.02 Å². The quantitative estimate of drug-likeness (QED) is 0.726. The number of nitrogens with zero attached hydrogens (tertiary/aromatic N) is 1. The number of benzene rings is 2. The summed E-state index contributed by atoms with van der Waals surface area (Å²) in [4.78, 5) is 17.6. The molecule has 0 bridgehead atoms. The number of aryl methyl sites for hydroxylation is 2. The Kier molecular flexibility index (Phi) is 5.00. The maximum absolute atomic E-state index is 12.6. The summed E-state index contributed by atoms with van der Waals surface area (Å²) in [7, 11) is 1.78. The molecular weight excluding hydrogens is 336 g/mol. The number of ether oxygens (including phenoxy) is 1. The van der Waals surface area contributed by atoms with Crippen molar-refractivity contribution >= 4 is 28.4 Å². The Morgan fingerprint density at radius 2 is 2.00 bits per heavy atom. The van der Waals surface area contributed by atoms with Gasteiger partial charge in [0, 0.05) is 34.2 Å². The molecule has 0 saturated heterocycles. The minimum Gasteiger partial charge on any atom is -0.492 e. The Morgan fingerprint density at radius 1 is 1.20 bits per heavy atom. The zero-order valence-electron chi connectivity index (χ0n) is 14.6. The highest BCUT2D eigenvalue weighted by atomic mass is 35.5. The molecular formula is C20H21ClN2O2. The molecule has 1 N–H and O–H groups in total. The average molecular weight is 357 g/mol. The number of rotatable bonds is 5. The maximum Gasteiger partial charge on any atom is 0.253 e. The summed E-state index contributed by atoms with van der Waals surface area (Å²) < 4.78 is 5.65. The Labute approximate surface area is 152 Å². The third-order valence-corrected chi connectivity index (χ3v) is 4.63. The van der Waals surface area contributed by atoms with E-state index < -0.39 is 0 Å². The van der Waals surface area contributed by atoms with Crippen LogP contribution in [0.3, 0.4) is 0 Å². The monoisotopic (exact) mass is 356 g/mol. The molecule has 0 radical (unpaired) electrons. The van der Waals surface area contributed by atoms with Gasteiger partial charge in [-0.1, -0.05) is 17.7 Å². The molecule has 0 saturated carbocycles. The first-order chi connectivity index (χ1) is 12.0. The van der Waals surface area contributed by atoms with Crippen LogP contribution in [0.25, 0.3) is 10.9 Å². The molecule has 0 spiro atoms. The predicted octanol–water partition coefficient (Wildman–Crippen LogP) is 4.59. The van der Waals surface area contributed by atoms with E-state index in [9.17, 15) is 4.79 Å². The number of aromatic amines is 1. The fourth-order valence-corrected chi connectivity index (χ4v) is 2.95. The van der Waals surface area contributed by atoms with Crippen molar-refractivity contribution in [1.29, 1.82) is 0 Å². The van der Waals surface area contributed by atoms with Gasteiger partial charge in [-0.25, -0.2) is 0 Å². The highest BCUT2D eigenvalue weighted by molar-refractivity contribution is 6.30. The molecule has 3 rings (SSSR count). The van der Waals surface area contributed by atoms with Gasteiger partial charge in [0.25, 0.3) is 5.91 Å². The van der Waals surface area contributed by atoms with Crippen LogP contribution in [0.4, 0.5) is 0 Å². The van der Waals surface area contributed by atoms with E-state index >= 15 is 0 Å². The van der Waals surface area contributed by atoms with Crippen molar-refractivity contribution in [2.75, 3.05) is 20.2 Å². The van der Waals surface area contributed by atoms with Crippen LogP contribution in [-0.4, -0.2) is 36.0 Å². The summed E-state index contributed by atoms with van der Waals surface area (Å²) in [6, 6.07) is 13.0. The molecule has 1 aromatic heterocycles. The Bertz CT molecular complexity index is 917. The molecule has 0 atom stereocenters.